The maximum Gasteiger partial charge on any atom is 0.187 e. The highest BCUT2D eigenvalue weighted by molar-refractivity contribution is 5.56. The quantitative estimate of drug-likeness (QED) is 0.225. The number of aliphatic hydroxyl groups excluding tert-OH is 7. The third kappa shape index (κ3) is 4.19. The first-order valence-corrected chi connectivity index (χ1v) is 6.70. The molecule has 0 unspecified atom stereocenters. The van der Waals surface area contributed by atoms with Gasteiger partial charge in [-0.3, -0.25) is 0 Å². The Labute approximate surface area is 126 Å². The lowest BCUT2D eigenvalue weighted by Crippen LogP contribution is -2.60. The lowest BCUT2D eigenvalue weighted by atomic mass is 9.99. The molecule has 0 aromatic heterocycles. The van der Waals surface area contributed by atoms with E-state index >= 15 is 0 Å². The van der Waals surface area contributed by atoms with Crippen LogP contribution in [0.5, 0.6) is 0 Å². The summed E-state index contributed by atoms with van der Waals surface area (Å²) in [5.74, 6) is 0. The fourth-order valence-corrected chi connectivity index (χ4v) is 2.05. The monoisotopic (exact) mass is 326 g/mol. The van der Waals surface area contributed by atoms with Crippen LogP contribution in [0.1, 0.15) is 6.92 Å². The summed E-state index contributed by atoms with van der Waals surface area (Å²) >= 11 is 0. The molecule has 9 atom stereocenters. The summed E-state index contributed by atoms with van der Waals surface area (Å²) in [7, 11) is 0. The van der Waals surface area contributed by atoms with Gasteiger partial charge in [-0.15, -0.1) is 0 Å². The summed E-state index contributed by atoms with van der Waals surface area (Å²) in [6.07, 6.45) is -14.4. The van der Waals surface area contributed by atoms with Crippen molar-refractivity contribution in [3.8, 4) is 0 Å². The molecule has 10 heteroatoms. The van der Waals surface area contributed by atoms with Crippen LogP contribution < -0.4 is 0 Å². The zero-order valence-electron chi connectivity index (χ0n) is 11.8. The van der Waals surface area contributed by atoms with Crippen LogP contribution in [0.15, 0.2) is 0 Å². The average Bonchev–Trinajstić information content (AvgIpc) is 2.52. The molecule has 1 heterocycles. The van der Waals surface area contributed by atoms with Crippen molar-refractivity contribution in [1.82, 2.24) is 0 Å². The zero-order chi connectivity index (χ0) is 17.0. The molecule has 130 valence electrons. The van der Waals surface area contributed by atoms with Crippen LogP contribution in [-0.2, 0) is 14.3 Å². The molecule has 22 heavy (non-hydrogen) atoms. The Kier molecular flexibility index (Phi) is 7.25. The Morgan fingerprint density at radius 2 is 1.73 bits per heavy atom. The molecule has 0 spiro atoms. The molecule has 0 radical (unpaired) electrons. The highest BCUT2D eigenvalue weighted by Crippen LogP contribution is 2.24. The molecular formula is C12H22O10. The predicted octanol–water partition coefficient (Wildman–Crippen LogP) is -4.53. The van der Waals surface area contributed by atoms with Crippen LogP contribution in [0.2, 0.25) is 0 Å². The molecule has 0 aliphatic carbocycles. The number of aldehydes is 1. The Morgan fingerprint density at radius 1 is 1.14 bits per heavy atom. The van der Waals surface area contributed by atoms with Gasteiger partial charge in [0.05, 0.1) is 12.7 Å². The third-order valence-electron chi connectivity index (χ3n) is 3.49. The smallest absolute Gasteiger partial charge is 0.187 e. The van der Waals surface area contributed by atoms with E-state index in [9.17, 15) is 35.4 Å². The van der Waals surface area contributed by atoms with E-state index in [1.165, 1.54) is 6.92 Å². The molecule has 0 amide bonds. The first kappa shape index (κ1) is 19.4. The second-order valence-corrected chi connectivity index (χ2v) is 5.15. The molecule has 0 aromatic rings. The minimum Gasteiger partial charge on any atom is -0.394 e. The average molecular weight is 326 g/mol. The summed E-state index contributed by atoms with van der Waals surface area (Å²) in [5.41, 5.74) is 0. The van der Waals surface area contributed by atoms with E-state index in [2.05, 4.69) is 0 Å². The highest BCUT2D eigenvalue weighted by Gasteiger charge is 2.45. The fourth-order valence-electron chi connectivity index (χ4n) is 2.05. The summed E-state index contributed by atoms with van der Waals surface area (Å²) < 4.78 is 10.2. The molecule has 1 rings (SSSR count). The molecule has 0 aromatic carbocycles. The summed E-state index contributed by atoms with van der Waals surface area (Å²) in [6, 6.07) is 0. The largest absolute Gasteiger partial charge is 0.394 e. The van der Waals surface area contributed by atoms with Crippen LogP contribution in [-0.4, -0.2) is 104 Å². The molecule has 0 bridgehead atoms. The van der Waals surface area contributed by atoms with E-state index < -0.39 is 61.7 Å². The van der Waals surface area contributed by atoms with Gasteiger partial charge in [-0.25, -0.2) is 0 Å². The minimum absolute atomic E-state index is 0.0297. The number of ether oxygens (including phenoxy) is 2. The number of hydrogen-bond donors (Lipinski definition) is 7. The van der Waals surface area contributed by atoms with E-state index in [4.69, 9.17) is 14.6 Å². The van der Waals surface area contributed by atoms with Gasteiger partial charge in [-0.05, 0) is 6.92 Å². The maximum absolute atomic E-state index is 10.7. The standard InChI is InChI=1S/C12H22O10/c1-4-7(17)9(19)10(20)12(21-4)22-11(6(16)3-14)8(18)5(15)2-13/h3-13,15-20H,2H2,1H3/t4-,5+,6-,7+,8+,9+,10-,11+,12-/m0/s1. The number of aliphatic hydroxyl groups is 7. The van der Waals surface area contributed by atoms with Gasteiger partial charge >= 0.3 is 0 Å². The predicted molar refractivity (Wildman–Crippen MR) is 68.4 cm³/mol. The third-order valence-corrected chi connectivity index (χ3v) is 3.49. The number of carbonyl (C=O) groups is 1. The van der Waals surface area contributed by atoms with Crippen LogP contribution in [0, 0.1) is 0 Å². The normalized spacial score (nSPS) is 38.1. The van der Waals surface area contributed by atoms with Crippen molar-refractivity contribution < 1.29 is 50.0 Å². The van der Waals surface area contributed by atoms with E-state index in [0.29, 0.717) is 0 Å². The highest BCUT2D eigenvalue weighted by atomic mass is 16.7. The van der Waals surface area contributed by atoms with Gasteiger partial charge in [0.1, 0.15) is 42.7 Å². The zero-order valence-corrected chi connectivity index (χ0v) is 11.8. The van der Waals surface area contributed by atoms with Crippen molar-refractivity contribution in [2.45, 2.75) is 62.0 Å². The second-order valence-electron chi connectivity index (χ2n) is 5.15. The van der Waals surface area contributed by atoms with Crippen LogP contribution in [0.4, 0.5) is 0 Å². The van der Waals surface area contributed by atoms with E-state index in [1.54, 1.807) is 0 Å². The van der Waals surface area contributed by atoms with E-state index in [-0.39, 0.29) is 6.29 Å². The van der Waals surface area contributed by atoms with Gasteiger partial charge in [0.15, 0.2) is 12.6 Å². The first-order valence-electron chi connectivity index (χ1n) is 6.70. The molecular weight excluding hydrogens is 304 g/mol. The maximum atomic E-state index is 10.7. The summed E-state index contributed by atoms with van der Waals surface area (Å²) in [6.45, 7) is 0.526. The fraction of sp³-hybridized carbons (Fsp3) is 0.917. The molecule has 1 saturated heterocycles. The Balaban J connectivity index is 2.87. The number of rotatable bonds is 7. The van der Waals surface area contributed by atoms with Crippen LogP contribution in [0.3, 0.4) is 0 Å². The van der Waals surface area contributed by atoms with Gasteiger partial charge < -0.3 is 50.0 Å². The molecule has 7 N–H and O–H groups in total. The number of hydrogen-bond acceptors (Lipinski definition) is 10. The van der Waals surface area contributed by atoms with Crippen molar-refractivity contribution in [1.29, 1.82) is 0 Å². The SMILES string of the molecule is C[C@@H]1O[C@@H](O[C@@H]([C@H](O)[C@H](O)CO)[C@@H](O)C=O)[C@@H](O)[C@H](O)[C@@H]1O. The van der Waals surface area contributed by atoms with E-state index in [1.807, 2.05) is 0 Å². The topological polar surface area (TPSA) is 177 Å². The Hall–Kier alpha value is -0.690. The first-order chi connectivity index (χ1) is 10.2. The van der Waals surface area contributed by atoms with Crippen molar-refractivity contribution in [2.75, 3.05) is 6.61 Å². The van der Waals surface area contributed by atoms with Gasteiger partial charge in [-0.2, -0.15) is 0 Å². The number of carbonyl (C=O) groups excluding carboxylic acids is 1. The van der Waals surface area contributed by atoms with Gasteiger partial charge in [0.2, 0.25) is 0 Å². The summed E-state index contributed by atoms with van der Waals surface area (Å²) in [5, 5.41) is 66.5. The van der Waals surface area contributed by atoms with Crippen molar-refractivity contribution in [3.63, 3.8) is 0 Å². The van der Waals surface area contributed by atoms with Gasteiger partial charge in [-0.1, -0.05) is 0 Å². The van der Waals surface area contributed by atoms with Gasteiger partial charge in [0, 0.05) is 0 Å². The second kappa shape index (κ2) is 8.24. The molecule has 10 nitrogen and oxygen atoms in total. The van der Waals surface area contributed by atoms with Crippen LogP contribution in [0.25, 0.3) is 0 Å². The summed E-state index contributed by atoms with van der Waals surface area (Å²) in [4.78, 5) is 10.7. The molecule has 1 fully saturated rings. The van der Waals surface area contributed by atoms with Gasteiger partial charge in [0.25, 0.3) is 0 Å². The molecule has 1 aliphatic rings. The van der Waals surface area contributed by atoms with Crippen molar-refractivity contribution in [2.24, 2.45) is 0 Å². The Bertz CT molecular complexity index is 353. The van der Waals surface area contributed by atoms with E-state index in [0.717, 1.165) is 0 Å². The molecule has 1 aliphatic heterocycles. The lowest BCUT2D eigenvalue weighted by molar-refractivity contribution is -0.318. The minimum atomic E-state index is -1.88. The van der Waals surface area contributed by atoms with Crippen molar-refractivity contribution >= 4 is 6.29 Å². The lowest BCUT2D eigenvalue weighted by Gasteiger charge is -2.41. The Morgan fingerprint density at radius 3 is 2.23 bits per heavy atom. The van der Waals surface area contributed by atoms with Crippen LogP contribution >= 0.6 is 0 Å². The van der Waals surface area contributed by atoms with Crippen molar-refractivity contribution in [3.05, 3.63) is 0 Å². The molecule has 0 saturated carbocycles.